The van der Waals surface area contributed by atoms with Crippen molar-refractivity contribution in [3.63, 3.8) is 0 Å². The van der Waals surface area contributed by atoms with Crippen molar-refractivity contribution in [1.82, 2.24) is 15.3 Å². The Hall–Kier alpha value is -1.85. The number of hydrogen-bond donors (Lipinski definition) is 3. The molecule has 0 radical (unpaired) electrons. The molecule has 106 valence electrons. The van der Waals surface area contributed by atoms with E-state index in [9.17, 15) is 4.79 Å². The van der Waals surface area contributed by atoms with Gasteiger partial charge in [0.25, 0.3) is 0 Å². The molecule has 0 unspecified atom stereocenters. The van der Waals surface area contributed by atoms with Gasteiger partial charge in [0.2, 0.25) is 5.91 Å². The summed E-state index contributed by atoms with van der Waals surface area (Å²) in [6.07, 6.45) is 1.03. The number of rotatable bonds is 7. The second-order valence-corrected chi connectivity index (χ2v) is 4.33. The molecule has 0 atom stereocenters. The number of likely N-dealkylation sites (N-methyl/N-ethyl adjacent to an activating group) is 1. The molecule has 0 aliphatic heterocycles. The van der Waals surface area contributed by atoms with Gasteiger partial charge in [0.05, 0.1) is 6.54 Å². The molecule has 0 saturated heterocycles. The van der Waals surface area contributed by atoms with Crippen molar-refractivity contribution in [3.05, 3.63) is 11.4 Å². The van der Waals surface area contributed by atoms with Crippen LogP contribution in [-0.4, -0.2) is 35.5 Å². The highest BCUT2D eigenvalue weighted by molar-refractivity contribution is 5.80. The maximum absolute atomic E-state index is 11.4. The molecule has 6 heteroatoms. The largest absolute Gasteiger partial charge is 0.370 e. The zero-order chi connectivity index (χ0) is 14.3. The van der Waals surface area contributed by atoms with Crippen LogP contribution in [0.5, 0.6) is 0 Å². The van der Waals surface area contributed by atoms with Crippen molar-refractivity contribution in [1.29, 1.82) is 0 Å². The van der Waals surface area contributed by atoms with Crippen molar-refractivity contribution < 1.29 is 4.79 Å². The second kappa shape index (κ2) is 7.56. The maximum Gasteiger partial charge on any atom is 0.239 e. The molecule has 1 rings (SSSR count). The van der Waals surface area contributed by atoms with Crippen LogP contribution in [0.2, 0.25) is 0 Å². The van der Waals surface area contributed by atoms with Crippen molar-refractivity contribution in [2.24, 2.45) is 0 Å². The number of nitrogens with zero attached hydrogens (tertiary/aromatic N) is 2. The van der Waals surface area contributed by atoms with Crippen LogP contribution in [0, 0.1) is 13.8 Å². The zero-order valence-corrected chi connectivity index (χ0v) is 12.1. The molecular weight excluding hydrogens is 242 g/mol. The van der Waals surface area contributed by atoms with E-state index in [2.05, 4.69) is 32.8 Å². The first-order valence-corrected chi connectivity index (χ1v) is 6.68. The molecule has 0 spiro atoms. The van der Waals surface area contributed by atoms with Crippen LogP contribution in [0.25, 0.3) is 0 Å². The monoisotopic (exact) mass is 265 g/mol. The third-order valence-electron chi connectivity index (χ3n) is 2.59. The van der Waals surface area contributed by atoms with Gasteiger partial charge in [-0.25, -0.2) is 9.97 Å². The average Bonchev–Trinajstić information content (AvgIpc) is 2.38. The molecule has 19 heavy (non-hydrogen) atoms. The van der Waals surface area contributed by atoms with E-state index in [1.54, 1.807) is 0 Å². The van der Waals surface area contributed by atoms with Crippen molar-refractivity contribution in [2.45, 2.75) is 34.1 Å². The summed E-state index contributed by atoms with van der Waals surface area (Å²) in [7, 11) is 0. The van der Waals surface area contributed by atoms with E-state index in [-0.39, 0.29) is 12.5 Å². The van der Waals surface area contributed by atoms with Crippen LogP contribution in [0.1, 0.15) is 31.7 Å². The van der Waals surface area contributed by atoms with Crippen LogP contribution < -0.4 is 16.0 Å². The minimum Gasteiger partial charge on any atom is -0.370 e. The van der Waals surface area contributed by atoms with Gasteiger partial charge in [-0.2, -0.15) is 0 Å². The Bertz CT molecular complexity index is 433. The summed E-state index contributed by atoms with van der Waals surface area (Å²) >= 11 is 0. The molecule has 1 heterocycles. The molecule has 0 saturated carbocycles. The Labute approximate surface area is 114 Å². The van der Waals surface area contributed by atoms with Gasteiger partial charge in [0, 0.05) is 18.7 Å². The first-order valence-electron chi connectivity index (χ1n) is 6.68. The van der Waals surface area contributed by atoms with Gasteiger partial charge >= 0.3 is 0 Å². The SMILES string of the molecule is CCCNc1nc(C)nc(NCC(=O)NCC)c1C. The smallest absolute Gasteiger partial charge is 0.239 e. The van der Waals surface area contributed by atoms with Gasteiger partial charge in [-0.15, -0.1) is 0 Å². The van der Waals surface area contributed by atoms with E-state index >= 15 is 0 Å². The number of aromatic nitrogens is 2. The molecule has 0 bridgehead atoms. The van der Waals surface area contributed by atoms with Crippen LogP contribution >= 0.6 is 0 Å². The molecule has 0 fully saturated rings. The fourth-order valence-corrected chi connectivity index (χ4v) is 1.64. The lowest BCUT2D eigenvalue weighted by molar-refractivity contribution is -0.119. The minimum atomic E-state index is -0.0405. The van der Waals surface area contributed by atoms with Crippen LogP contribution in [0.15, 0.2) is 0 Å². The Balaban J connectivity index is 2.76. The van der Waals surface area contributed by atoms with Gasteiger partial charge in [-0.05, 0) is 27.2 Å². The topological polar surface area (TPSA) is 78.9 Å². The maximum atomic E-state index is 11.4. The summed E-state index contributed by atoms with van der Waals surface area (Å²) in [5.74, 6) is 2.17. The van der Waals surface area contributed by atoms with Crippen molar-refractivity contribution >= 4 is 17.5 Å². The summed E-state index contributed by atoms with van der Waals surface area (Å²) in [6, 6.07) is 0. The summed E-state index contributed by atoms with van der Waals surface area (Å²) < 4.78 is 0. The lowest BCUT2D eigenvalue weighted by Gasteiger charge is -2.13. The van der Waals surface area contributed by atoms with E-state index in [1.165, 1.54) is 0 Å². The Kier molecular flexibility index (Phi) is 6.05. The van der Waals surface area contributed by atoms with Gasteiger partial charge in [-0.3, -0.25) is 4.79 Å². The number of nitrogens with one attached hydrogen (secondary N) is 3. The summed E-state index contributed by atoms with van der Waals surface area (Å²) in [5, 5.41) is 9.06. The summed E-state index contributed by atoms with van der Waals surface area (Å²) in [4.78, 5) is 20.1. The number of amides is 1. The Morgan fingerprint density at radius 2 is 1.74 bits per heavy atom. The van der Waals surface area contributed by atoms with E-state index in [1.807, 2.05) is 20.8 Å². The van der Waals surface area contributed by atoms with Crippen LogP contribution in [-0.2, 0) is 4.79 Å². The number of carbonyl (C=O) groups excluding carboxylic acids is 1. The highest BCUT2D eigenvalue weighted by Gasteiger charge is 2.09. The first-order chi connectivity index (χ1) is 9.08. The lowest BCUT2D eigenvalue weighted by atomic mass is 10.3. The molecule has 1 aromatic rings. The average molecular weight is 265 g/mol. The van der Waals surface area contributed by atoms with Crippen molar-refractivity contribution in [3.8, 4) is 0 Å². The molecule has 3 N–H and O–H groups in total. The van der Waals surface area contributed by atoms with Gasteiger partial charge in [0.1, 0.15) is 17.5 Å². The van der Waals surface area contributed by atoms with Gasteiger partial charge in [-0.1, -0.05) is 6.92 Å². The highest BCUT2D eigenvalue weighted by Crippen LogP contribution is 2.19. The van der Waals surface area contributed by atoms with Gasteiger partial charge in [0.15, 0.2) is 0 Å². The molecule has 6 nitrogen and oxygen atoms in total. The number of anilines is 2. The fourth-order valence-electron chi connectivity index (χ4n) is 1.64. The zero-order valence-electron chi connectivity index (χ0n) is 12.1. The molecule has 1 amide bonds. The third kappa shape index (κ3) is 4.73. The summed E-state index contributed by atoms with van der Waals surface area (Å²) in [5.41, 5.74) is 0.934. The molecule has 1 aromatic heterocycles. The van der Waals surface area contributed by atoms with E-state index in [0.29, 0.717) is 18.2 Å². The van der Waals surface area contributed by atoms with E-state index < -0.39 is 0 Å². The summed E-state index contributed by atoms with van der Waals surface area (Å²) in [6.45, 7) is 9.50. The van der Waals surface area contributed by atoms with E-state index in [0.717, 1.165) is 24.3 Å². The van der Waals surface area contributed by atoms with Crippen LogP contribution in [0.3, 0.4) is 0 Å². The first kappa shape index (κ1) is 15.2. The highest BCUT2D eigenvalue weighted by atomic mass is 16.1. The Morgan fingerprint density at radius 3 is 2.32 bits per heavy atom. The predicted octanol–water partition coefficient (Wildman–Crippen LogP) is 1.46. The Morgan fingerprint density at radius 1 is 1.11 bits per heavy atom. The second-order valence-electron chi connectivity index (χ2n) is 4.33. The molecule has 0 aliphatic carbocycles. The predicted molar refractivity (Wildman–Crippen MR) is 77.5 cm³/mol. The number of aryl methyl sites for hydroxylation is 1. The fraction of sp³-hybridized carbons (Fsp3) is 0.615. The molecule has 0 aromatic carbocycles. The molecular formula is C13H23N5O. The van der Waals surface area contributed by atoms with Crippen molar-refractivity contribution in [2.75, 3.05) is 30.3 Å². The number of hydrogen-bond acceptors (Lipinski definition) is 5. The quantitative estimate of drug-likeness (QED) is 0.695. The third-order valence-corrected chi connectivity index (χ3v) is 2.59. The number of carbonyl (C=O) groups is 1. The van der Waals surface area contributed by atoms with E-state index in [4.69, 9.17) is 0 Å². The van der Waals surface area contributed by atoms with Gasteiger partial charge < -0.3 is 16.0 Å². The lowest BCUT2D eigenvalue weighted by Crippen LogP contribution is -2.30. The standard InChI is InChI=1S/C13H23N5O/c1-5-7-15-12-9(3)13(18-10(4)17-12)16-8-11(19)14-6-2/h5-8H2,1-4H3,(H,14,19)(H2,15,16,17,18). The van der Waals surface area contributed by atoms with Crippen LogP contribution in [0.4, 0.5) is 11.6 Å². The molecule has 0 aliphatic rings. The minimum absolute atomic E-state index is 0.0405. The normalized spacial score (nSPS) is 10.1.